The van der Waals surface area contributed by atoms with Crippen LogP contribution in [0.3, 0.4) is 0 Å². The minimum atomic E-state index is -3.91. The van der Waals surface area contributed by atoms with Gasteiger partial charge in [-0.3, -0.25) is 14.9 Å². The third-order valence-electron chi connectivity index (χ3n) is 4.55. The highest BCUT2D eigenvalue weighted by molar-refractivity contribution is 7.89. The summed E-state index contributed by atoms with van der Waals surface area (Å²) in [6.07, 6.45) is 0. The van der Waals surface area contributed by atoms with E-state index < -0.39 is 37.3 Å². The van der Waals surface area contributed by atoms with Gasteiger partial charge in [0.15, 0.2) is 11.5 Å². The maximum atomic E-state index is 13.0. The summed E-state index contributed by atoms with van der Waals surface area (Å²) >= 11 is 5.80. The van der Waals surface area contributed by atoms with E-state index in [4.69, 9.17) is 21.1 Å². The van der Waals surface area contributed by atoms with Crippen LogP contribution in [0.5, 0.6) is 17.2 Å². The lowest BCUT2D eigenvalue weighted by Crippen LogP contribution is -2.30. The van der Waals surface area contributed by atoms with Crippen molar-refractivity contribution in [1.29, 1.82) is 0 Å². The molecule has 2 aromatic rings. The summed E-state index contributed by atoms with van der Waals surface area (Å²) in [5, 5.41) is 22.9. The molecule has 11 nitrogen and oxygen atoms in total. The number of anilines is 1. The number of nitrogens with one attached hydrogen (secondary N) is 1. The number of halogens is 1. The van der Waals surface area contributed by atoms with Crippen LogP contribution in [0, 0.1) is 10.1 Å². The van der Waals surface area contributed by atoms with Gasteiger partial charge in [0, 0.05) is 30.8 Å². The van der Waals surface area contributed by atoms with Crippen molar-refractivity contribution in [1.82, 2.24) is 4.31 Å². The number of nitro benzene ring substituents is 1. The smallest absolute Gasteiger partial charge is 0.313 e. The lowest BCUT2D eigenvalue weighted by molar-refractivity contribution is -0.385. The van der Waals surface area contributed by atoms with Crippen LogP contribution < -0.4 is 14.8 Å². The molecule has 0 bridgehead atoms. The number of phenols is 1. The summed E-state index contributed by atoms with van der Waals surface area (Å²) in [7, 11) is -1.30. The van der Waals surface area contributed by atoms with E-state index in [-0.39, 0.29) is 40.7 Å². The number of rotatable bonds is 9. The second kappa shape index (κ2) is 10.0. The van der Waals surface area contributed by atoms with E-state index in [1.54, 1.807) is 13.8 Å². The summed E-state index contributed by atoms with van der Waals surface area (Å²) in [4.78, 5) is 22.9. The van der Waals surface area contributed by atoms with Gasteiger partial charge in [-0.1, -0.05) is 25.4 Å². The Morgan fingerprint density at radius 1 is 1.19 bits per heavy atom. The van der Waals surface area contributed by atoms with Crippen molar-refractivity contribution in [2.45, 2.75) is 18.7 Å². The first-order valence-electron chi connectivity index (χ1n) is 9.26. The zero-order valence-corrected chi connectivity index (χ0v) is 19.3. The molecule has 174 valence electrons. The van der Waals surface area contributed by atoms with Gasteiger partial charge in [-0.05, 0) is 12.1 Å². The molecule has 0 aliphatic heterocycles. The van der Waals surface area contributed by atoms with Crippen LogP contribution in [-0.2, 0) is 10.0 Å². The normalized spacial score (nSPS) is 11.3. The van der Waals surface area contributed by atoms with Crippen LogP contribution in [0.2, 0.25) is 5.02 Å². The number of aromatic hydroxyl groups is 1. The molecular weight excluding hydrogens is 466 g/mol. The van der Waals surface area contributed by atoms with Crippen molar-refractivity contribution in [2.24, 2.45) is 0 Å². The van der Waals surface area contributed by atoms with Crippen LogP contribution in [0.4, 0.5) is 11.4 Å². The highest BCUT2D eigenvalue weighted by Crippen LogP contribution is 2.40. The predicted octanol–water partition coefficient (Wildman–Crippen LogP) is 3.25. The molecule has 0 saturated heterocycles. The molecule has 0 heterocycles. The Morgan fingerprint density at radius 3 is 2.31 bits per heavy atom. The summed E-state index contributed by atoms with van der Waals surface area (Å²) in [6, 6.07) is 4.35. The lowest BCUT2D eigenvalue weighted by Gasteiger charge is -2.21. The van der Waals surface area contributed by atoms with Crippen LogP contribution in [0.1, 0.15) is 24.2 Å². The minimum absolute atomic E-state index is 0.0405. The maximum absolute atomic E-state index is 13.0. The van der Waals surface area contributed by atoms with Gasteiger partial charge in [-0.25, -0.2) is 8.42 Å². The van der Waals surface area contributed by atoms with E-state index in [2.05, 4.69) is 5.32 Å². The first kappa shape index (κ1) is 25.2. The first-order valence-corrected chi connectivity index (χ1v) is 11.1. The lowest BCUT2D eigenvalue weighted by atomic mass is 10.1. The van der Waals surface area contributed by atoms with E-state index in [0.29, 0.717) is 0 Å². The molecule has 2 N–H and O–H groups in total. The average molecular weight is 488 g/mol. The second-order valence-corrected chi connectivity index (χ2v) is 8.68. The quantitative estimate of drug-likeness (QED) is 0.404. The largest absolute Gasteiger partial charge is 0.501 e. The standard InChI is InChI=1S/C19H22ClN3O8S/c1-5-22(6-2)32(28,29)12-9-14(18(31-4)16(10-12)30-3)21-19(25)11-7-13(20)17(24)15(8-11)23(26)27/h7-10,24H,5-6H2,1-4H3,(H,21,25). The number of hydrogen-bond acceptors (Lipinski definition) is 8. The summed E-state index contributed by atoms with van der Waals surface area (Å²) in [5.41, 5.74) is -1.04. The molecule has 0 saturated carbocycles. The topological polar surface area (TPSA) is 148 Å². The molecule has 0 aromatic heterocycles. The zero-order valence-electron chi connectivity index (χ0n) is 17.7. The van der Waals surface area contributed by atoms with Gasteiger partial charge in [0.25, 0.3) is 5.91 Å². The molecule has 0 aliphatic carbocycles. The molecule has 0 aliphatic rings. The monoisotopic (exact) mass is 487 g/mol. The molecule has 2 aromatic carbocycles. The molecule has 0 spiro atoms. The summed E-state index contributed by atoms with van der Waals surface area (Å²) in [6.45, 7) is 3.83. The van der Waals surface area contributed by atoms with Crippen LogP contribution in [0.15, 0.2) is 29.2 Å². The number of carbonyl (C=O) groups excluding carboxylic acids is 1. The third kappa shape index (κ3) is 4.87. The highest BCUT2D eigenvalue weighted by atomic mass is 35.5. The number of methoxy groups -OCH3 is 2. The Bertz CT molecular complexity index is 1150. The SMILES string of the molecule is CCN(CC)S(=O)(=O)c1cc(NC(=O)c2cc(Cl)c(O)c([N+](=O)[O-])c2)c(OC)c(OC)c1. The van der Waals surface area contributed by atoms with Gasteiger partial charge in [-0.2, -0.15) is 4.31 Å². The van der Waals surface area contributed by atoms with Gasteiger partial charge >= 0.3 is 5.69 Å². The van der Waals surface area contributed by atoms with Crippen LogP contribution >= 0.6 is 11.6 Å². The molecule has 0 atom stereocenters. The van der Waals surface area contributed by atoms with Gasteiger partial charge in [0.1, 0.15) is 0 Å². The number of ether oxygens (including phenoxy) is 2. The van der Waals surface area contributed by atoms with Crippen molar-refractivity contribution in [2.75, 3.05) is 32.6 Å². The molecule has 2 rings (SSSR count). The fraction of sp³-hybridized carbons (Fsp3) is 0.316. The molecular formula is C19H22ClN3O8S. The number of sulfonamides is 1. The van der Waals surface area contributed by atoms with Gasteiger partial charge in [0.05, 0.1) is 34.7 Å². The minimum Gasteiger partial charge on any atom is -0.501 e. The molecule has 13 heteroatoms. The number of hydrogen-bond donors (Lipinski definition) is 2. The average Bonchev–Trinajstić information content (AvgIpc) is 2.75. The molecule has 0 fully saturated rings. The Kier molecular flexibility index (Phi) is 7.88. The number of nitro groups is 1. The van der Waals surface area contributed by atoms with E-state index in [0.717, 1.165) is 12.1 Å². The number of carbonyl (C=O) groups is 1. The Labute approximate surface area is 189 Å². The highest BCUT2D eigenvalue weighted by Gasteiger charge is 2.27. The van der Waals surface area contributed by atoms with E-state index >= 15 is 0 Å². The maximum Gasteiger partial charge on any atom is 0.313 e. The zero-order chi connectivity index (χ0) is 24.2. The fourth-order valence-electron chi connectivity index (χ4n) is 2.94. The summed E-state index contributed by atoms with van der Waals surface area (Å²) in [5.74, 6) is -1.54. The van der Waals surface area contributed by atoms with Crippen molar-refractivity contribution >= 4 is 38.9 Å². The van der Waals surface area contributed by atoms with Crippen molar-refractivity contribution < 1.29 is 32.7 Å². The van der Waals surface area contributed by atoms with Crippen LogP contribution in [-0.4, -0.2) is 56.0 Å². The van der Waals surface area contributed by atoms with Crippen LogP contribution in [0.25, 0.3) is 0 Å². The predicted molar refractivity (Wildman–Crippen MR) is 117 cm³/mol. The number of phenolic OH excluding ortho intramolecular Hbond substituents is 1. The first-order chi connectivity index (χ1) is 15.0. The van der Waals surface area contributed by atoms with Crippen molar-refractivity contribution in [3.63, 3.8) is 0 Å². The Balaban J connectivity index is 2.60. The van der Waals surface area contributed by atoms with E-state index in [1.807, 2.05) is 0 Å². The van der Waals surface area contributed by atoms with Gasteiger partial charge in [0.2, 0.25) is 15.8 Å². The summed E-state index contributed by atoms with van der Waals surface area (Å²) < 4.78 is 37.7. The van der Waals surface area contributed by atoms with E-state index in [9.17, 15) is 28.4 Å². The van der Waals surface area contributed by atoms with E-state index in [1.165, 1.54) is 30.7 Å². The number of benzene rings is 2. The Hall–Kier alpha value is -3.09. The van der Waals surface area contributed by atoms with Gasteiger partial charge < -0.3 is 19.9 Å². The Morgan fingerprint density at radius 2 is 1.81 bits per heavy atom. The number of nitrogens with zero attached hydrogens (tertiary/aromatic N) is 2. The fourth-order valence-corrected chi connectivity index (χ4v) is 4.66. The molecule has 0 unspecified atom stereocenters. The molecule has 0 radical (unpaired) electrons. The molecule has 32 heavy (non-hydrogen) atoms. The van der Waals surface area contributed by atoms with Crippen molar-refractivity contribution in [3.8, 4) is 17.2 Å². The van der Waals surface area contributed by atoms with Gasteiger partial charge in [-0.15, -0.1) is 0 Å². The molecule has 1 amide bonds. The number of amides is 1. The van der Waals surface area contributed by atoms with Crippen molar-refractivity contribution in [3.05, 3.63) is 45.0 Å². The second-order valence-electron chi connectivity index (χ2n) is 6.33. The third-order valence-corrected chi connectivity index (χ3v) is 6.86.